The van der Waals surface area contributed by atoms with Gasteiger partial charge in [-0.2, -0.15) is 10.1 Å². The van der Waals surface area contributed by atoms with Crippen molar-refractivity contribution in [2.24, 2.45) is 0 Å². The van der Waals surface area contributed by atoms with Gasteiger partial charge in [0.1, 0.15) is 12.1 Å². The van der Waals surface area contributed by atoms with Crippen molar-refractivity contribution in [3.8, 4) is 0 Å². The fourth-order valence-electron chi connectivity index (χ4n) is 5.57. The summed E-state index contributed by atoms with van der Waals surface area (Å²) in [7, 11) is 0. The second-order valence-electron chi connectivity index (χ2n) is 9.39. The first kappa shape index (κ1) is 20.4. The van der Waals surface area contributed by atoms with Gasteiger partial charge in [0, 0.05) is 29.8 Å². The Morgan fingerprint density at radius 2 is 2.06 bits per heavy atom. The quantitative estimate of drug-likeness (QED) is 0.561. The van der Waals surface area contributed by atoms with E-state index in [-0.39, 0.29) is 18.2 Å². The van der Waals surface area contributed by atoms with E-state index < -0.39 is 0 Å². The molecule has 0 aromatic carbocycles. The summed E-state index contributed by atoms with van der Waals surface area (Å²) in [6.07, 6.45) is 13.0. The molecule has 4 heterocycles. The fourth-order valence-corrected chi connectivity index (χ4v) is 5.57. The van der Waals surface area contributed by atoms with Gasteiger partial charge in [-0.15, -0.1) is 0 Å². The van der Waals surface area contributed by atoms with Gasteiger partial charge in [-0.05, 0) is 44.9 Å². The van der Waals surface area contributed by atoms with Gasteiger partial charge in [0.15, 0.2) is 11.6 Å². The molecule has 0 spiro atoms. The van der Waals surface area contributed by atoms with Crippen molar-refractivity contribution < 1.29 is 9.21 Å². The van der Waals surface area contributed by atoms with Gasteiger partial charge in [-0.1, -0.05) is 12.8 Å². The number of hydrogen-bond acceptors (Lipinski definition) is 8. The van der Waals surface area contributed by atoms with E-state index in [9.17, 15) is 4.79 Å². The second-order valence-corrected chi connectivity index (χ2v) is 9.39. The number of Topliss-reactive ketones (excluding diaryl/α,β-unsaturated/α-hetero) is 1. The number of H-pyrrole nitrogens is 1. The number of nitrogens with one attached hydrogen (secondary N) is 2. The van der Waals surface area contributed by atoms with Crippen LogP contribution in [0.15, 0.2) is 22.9 Å². The Labute approximate surface area is 192 Å². The third-order valence-corrected chi connectivity index (χ3v) is 7.25. The van der Waals surface area contributed by atoms with Gasteiger partial charge in [0.2, 0.25) is 11.8 Å². The predicted molar refractivity (Wildman–Crippen MR) is 123 cm³/mol. The number of carbonyl (C=O) groups excluding carboxylic acids is 1. The fraction of sp³-hybridized carbons (Fsp3) is 0.542. The summed E-state index contributed by atoms with van der Waals surface area (Å²) in [5.41, 5.74) is 3.46. The number of rotatable bonds is 7. The van der Waals surface area contributed by atoms with E-state index in [1.807, 2.05) is 0 Å². The zero-order valence-electron chi connectivity index (χ0n) is 18.7. The Bertz CT molecular complexity index is 1130. The van der Waals surface area contributed by atoms with E-state index in [2.05, 4.69) is 31.5 Å². The zero-order valence-corrected chi connectivity index (χ0v) is 18.7. The highest BCUT2D eigenvalue weighted by Crippen LogP contribution is 2.36. The Hall–Kier alpha value is -3.23. The molecule has 0 bridgehead atoms. The molecule has 6 rings (SSSR count). The number of nitrogens with zero attached hydrogens (tertiary/aromatic N) is 5. The molecule has 33 heavy (non-hydrogen) atoms. The highest BCUT2D eigenvalue weighted by molar-refractivity contribution is 5.88. The third-order valence-electron chi connectivity index (χ3n) is 7.25. The van der Waals surface area contributed by atoms with E-state index in [1.54, 1.807) is 6.20 Å². The number of anilines is 3. The lowest BCUT2D eigenvalue weighted by Crippen LogP contribution is -2.38. The largest absolute Gasteiger partial charge is 0.449 e. The number of fused-ring (bicyclic) bond motifs is 1. The van der Waals surface area contributed by atoms with Crippen LogP contribution >= 0.6 is 0 Å². The SMILES string of the molecule is O=C(Cc1ncco1)C1CCCN1c1nc2c(c(Nc3cc(C4CCCC4)[nH]n3)n1)CCC2. The lowest BCUT2D eigenvalue weighted by molar-refractivity contribution is -0.119. The molecular weight excluding hydrogens is 418 g/mol. The number of aromatic nitrogens is 5. The van der Waals surface area contributed by atoms with Crippen molar-refractivity contribution in [1.82, 2.24) is 25.1 Å². The van der Waals surface area contributed by atoms with Crippen LogP contribution in [0.4, 0.5) is 17.6 Å². The molecule has 0 radical (unpaired) electrons. The molecule has 1 saturated heterocycles. The highest BCUT2D eigenvalue weighted by atomic mass is 16.3. The maximum absolute atomic E-state index is 13.0. The van der Waals surface area contributed by atoms with Crippen molar-refractivity contribution in [2.45, 2.75) is 76.2 Å². The second kappa shape index (κ2) is 8.61. The lowest BCUT2D eigenvalue weighted by atomic mass is 10.0. The Kier molecular flexibility index (Phi) is 5.32. The molecule has 1 atom stereocenters. The summed E-state index contributed by atoms with van der Waals surface area (Å²) >= 11 is 0. The summed E-state index contributed by atoms with van der Waals surface area (Å²) in [5.74, 6) is 3.40. The molecule has 9 heteroatoms. The molecule has 9 nitrogen and oxygen atoms in total. The van der Waals surface area contributed by atoms with Crippen LogP contribution in [0.25, 0.3) is 0 Å². The monoisotopic (exact) mass is 447 g/mol. The zero-order chi connectivity index (χ0) is 22.2. The number of aromatic amines is 1. The van der Waals surface area contributed by atoms with E-state index in [4.69, 9.17) is 14.4 Å². The van der Waals surface area contributed by atoms with Crippen LogP contribution in [0.2, 0.25) is 0 Å². The molecule has 1 saturated carbocycles. The molecule has 3 aromatic rings. The van der Waals surface area contributed by atoms with Crippen molar-refractivity contribution >= 4 is 23.4 Å². The van der Waals surface area contributed by atoms with E-state index in [1.165, 1.54) is 43.2 Å². The normalized spacial score (nSPS) is 20.5. The molecule has 2 N–H and O–H groups in total. The minimum atomic E-state index is -0.247. The molecule has 1 aliphatic heterocycles. The number of oxazole rings is 1. The van der Waals surface area contributed by atoms with Gasteiger partial charge in [-0.25, -0.2) is 9.97 Å². The summed E-state index contributed by atoms with van der Waals surface area (Å²) in [5, 5.41) is 11.2. The minimum Gasteiger partial charge on any atom is -0.449 e. The van der Waals surface area contributed by atoms with Gasteiger partial charge < -0.3 is 14.6 Å². The smallest absolute Gasteiger partial charge is 0.228 e. The number of ketones is 1. The minimum absolute atomic E-state index is 0.0991. The summed E-state index contributed by atoms with van der Waals surface area (Å²) < 4.78 is 5.29. The van der Waals surface area contributed by atoms with Crippen molar-refractivity contribution in [3.63, 3.8) is 0 Å². The van der Waals surface area contributed by atoms with Crippen LogP contribution in [0.5, 0.6) is 0 Å². The molecule has 1 unspecified atom stereocenters. The van der Waals surface area contributed by atoms with E-state index in [0.29, 0.717) is 17.8 Å². The number of aryl methyl sites for hydroxylation is 1. The molecule has 3 aliphatic rings. The molecular formula is C24H29N7O2. The van der Waals surface area contributed by atoms with Crippen molar-refractivity contribution in [1.29, 1.82) is 0 Å². The standard InChI is InChI=1S/C24H29N7O2/c32-20(14-22-25-10-12-33-22)19-9-4-11-31(19)24-26-17-8-3-7-16(17)23(28-24)27-21-13-18(29-30-21)15-5-1-2-6-15/h10,12-13,15,19H,1-9,11,14H2,(H2,26,27,28,29,30). The van der Waals surface area contributed by atoms with Crippen molar-refractivity contribution in [3.05, 3.63) is 41.4 Å². The highest BCUT2D eigenvalue weighted by Gasteiger charge is 2.34. The van der Waals surface area contributed by atoms with Gasteiger partial charge in [-0.3, -0.25) is 9.89 Å². The Morgan fingerprint density at radius 1 is 1.15 bits per heavy atom. The predicted octanol–water partition coefficient (Wildman–Crippen LogP) is 3.86. The van der Waals surface area contributed by atoms with E-state index in [0.717, 1.165) is 56.0 Å². The van der Waals surface area contributed by atoms with Crippen LogP contribution in [-0.4, -0.2) is 43.5 Å². The average Bonchev–Trinajstić information content (AvgIpc) is 3.64. The summed E-state index contributed by atoms with van der Waals surface area (Å²) in [6, 6.07) is 1.88. The molecule has 2 aliphatic carbocycles. The Morgan fingerprint density at radius 3 is 2.91 bits per heavy atom. The topological polar surface area (TPSA) is 113 Å². The summed E-state index contributed by atoms with van der Waals surface area (Å²) in [4.78, 5) is 29.0. The Balaban J connectivity index is 1.25. The maximum atomic E-state index is 13.0. The van der Waals surface area contributed by atoms with Crippen LogP contribution in [0.1, 0.15) is 73.7 Å². The maximum Gasteiger partial charge on any atom is 0.228 e. The van der Waals surface area contributed by atoms with Crippen molar-refractivity contribution in [2.75, 3.05) is 16.8 Å². The van der Waals surface area contributed by atoms with Crippen LogP contribution < -0.4 is 10.2 Å². The van der Waals surface area contributed by atoms with Crippen LogP contribution in [-0.2, 0) is 24.1 Å². The molecule has 172 valence electrons. The average molecular weight is 448 g/mol. The molecule has 3 aromatic heterocycles. The molecule has 2 fully saturated rings. The summed E-state index contributed by atoms with van der Waals surface area (Å²) in [6.45, 7) is 0.772. The van der Waals surface area contributed by atoms with Gasteiger partial charge in [0.05, 0.1) is 24.4 Å². The van der Waals surface area contributed by atoms with Crippen LogP contribution in [0, 0.1) is 0 Å². The first-order valence-corrected chi connectivity index (χ1v) is 12.1. The third kappa shape index (κ3) is 4.00. The molecule has 0 amide bonds. The lowest BCUT2D eigenvalue weighted by Gasteiger charge is -2.24. The first-order valence-electron chi connectivity index (χ1n) is 12.1. The first-order chi connectivity index (χ1) is 16.2. The number of carbonyl (C=O) groups is 1. The van der Waals surface area contributed by atoms with Crippen LogP contribution in [0.3, 0.4) is 0 Å². The van der Waals surface area contributed by atoms with Gasteiger partial charge in [0.25, 0.3) is 0 Å². The van der Waals surface area contributed by atoms with Gasteiger partial charge >= 0.3 is 0 Å². The number of hydrogen-bond donors (Lipinski definition) is 2. The van der Waals surface area contributed by atoms with E-state index >= 15 is 0 Å².